The lowest BCUT2D eigenvalue weighted by atomic mass is 10.1. The Labute approximate surface area is 96.8 Å². The van der Waals surface area contributed by atoms with Crippen molar-refractivity contribution in [2.45, 2.75) is 25.3 Å². The summed E-state index contributed by atoms with van der Waals surface area (Å²) in [5, 5.41) is 11.4. The van der Waals surface area contributed by atoms with Crippen molar-refractivity contribution in [3.63, 3.8) is 0 Å². The highest BCUT2D eigenvalue weighted by atomic mass is 15.3. The maximum Gasteiger partial charge on any atom is 0.133 e. The van der Waals surface area contributed by atoms with Gasteiger partial charge in [-0.3, -0.25) is 0 Å². The zero-order valence-electron chi connectivity index (χ0n) is 10.2. The maximum absolute atomic E-state index is 4.11. The van der Waals surface area contributed by atoms with Crippen LogP contribution in [0.5, 0.6) is 0 Å². The molecule has 2 rings (SSSR count). The van der Waals surface area contributed by atoms with Crippen LogP contribution in [0.1, 0.15) is 18.7 Å². The van der Waals surface area contributed by atoms with Crippen molar-refractivity contribution in [2.24, 2.45) is 7.05 Å². The van der Waals surface area contributed by atoms with Crippen LogP contribution in [0.15, 0.2) is 6.33 Å². The minimum Gasteiger partial charge on any atom is -0.321 e. The first-order valence-electron chi connectivity index (χ1n) is 6.02. The Kier molecular flexibility index (Phi) is 3.90. The fourth-order valence-corrected chi connectivity index (χ4v) is 2.29. The van der Waals surface area contributed by atoms with Gasteiger partial charge in [0.2, 0.25) is 0 Å². The van der Waals surface area contributed by atoms with E-state index < -0.39 is 0 Å². The Hall–Kier alpha value is -0.940. The number of nitrogens with zero attached hydrogens (tertiary/aromatic N) is 4. The molecule has 16 heavy (non-hydrogen) atoms. The number of nitrogens with one attached hydrogen (secondary N) is 1. The second-order valence-corrected chi connectivity index (χ2v) is 4.54. The zero-order chi connectivity index (χ0) is 11.4. The van der Waals surface area contributed by atoms with Gasteiger partial charge >= 0.3 is 0 Å². The van der Waals surface area contributed by atoms with Gasteiger partial charge in [-0.05, 0) is 26.4 Å². The minimum absolute atomic E-state index is 0.660. The summed E-state index contributed by atoms with van der Waals surface area (Å²) in [5.74, 6) is 1.08. The molecule has 0 aromatic carbocycles. The number of aryl methyl sites for hydroxylation is 1. The molecule has 1 fully saturated rings. The fraction of sp³-hybridized carbons (Fsp3) is 0.818. The van der Waals surface area contributed by atoms with Crippen molar-refractivity contribution in [3.05, 3.63) is 12.2 Å². The van der Waals surface area contributed by atoms with Crippen LogP contribution in [0, 0.1) is 0 Å². The van der Waals surface area contributed by atoms with Crippen LogP contribution in [0.4, 0.5) is 0 Å². The standard InChI is InChI=1S/C11H21N5/c1-12-10-4-3-6-16(8-10)7-5-11-14-13-9-15(11)2/h9-10,12H,3-8H2,1-2H3. The number of hydrogen-bond acceptors (Lipinski definition) is 4. The third-order valence-corrected chi connectivity index (χ3v) is 3.37. The summed E-state index contributed by atoms with van der Waals surface area (Å²) in [6.07, 6.45) is 5.36. The van der Waals surface area contributed by atoms with Crippen molar-refractivity contribution < 1.29 is 0 Å². The third kappa shape index (κ3) is 2.80. The average molecular weight is 223 g/mol. The maximum atomic E-state index is 4.11. The molecule has 1 N–H and O–H groups in total. The molecule has 1 unspecified atom stereocenters. The van der Waals surface area contributed by atoms with E-state index in [9.17, 15) is 0 Å². The Morgan fingerprint density at radius 1 is 1.56 bits per heavy atom. The zero-order valence-corrected chi connectivity index (χ0v) is 10.2. The van der Waals surface area contributed by atoms with Crippen LogP contribution < -0.4 is 5.32 Å². The van der Waals surface area contributed by atoms with Gasteiger partial charge in [0.05, 0.1) is 0 Å². The van der Waals surface area contributed by atoms with E-state index in [0.29, 0.717) is 6.04 Å². The Balaban J connectivity index is 1.79. The lowest BCUT2D eigenvalue weighted by Crippen LogP contribution is -2.45. The molecule has 0 spiro atoms. The lowest BCUT2D eigenvalue weighted by molar-refractivity contribution is 0.196. The first-order valence-corrected chi connectivity index (χ1v) is 6.02. The van der Waals surface area contributed by atoms with Crippen LogP contribution in [0.3, 0.4) is 0 Å². The molecule has 1 aliphatic rings. The molecule has 1 aromatic rings. The Morgan fingerprint density at radius 3 is 3.12 bits per heavy atom. The molecule has 1 aromatic heterocycles. The molecule has 0 radical (unpaired) electrons. The SMILES string of the molecule is CNC1CCCN(CCc2nncn2C)C1. The van der Waals surface area contributed by atoms with Gasteiger partial charge in [-0.25, -0.2) is 0 Å². The normalized spacial score (nSPS) is 22.5. The van der Waals surface area contributed by atoms with Crippen LogP contribution in [0.25, 0.3) is 0 Å². The molecule has 5 heteroatoms. The molecule has 2 heterocycles. The van der Waals surface area contributed by atoms with E-state index in [1.165, 1.54) is 19.4 Å². The fourth-order valence-electron chi connectivity index (χ4n) is 2.29. The van der Waals surface area contributed by atoms with E-state index in [0.717, 1.165) is 25.3 Å². The molecule has 0 aliphatic carbocycles. The number of likely N-dealkylation sites (N-methyl/N-ethyl adjacent to an activating group) is 1. The van der Waals surface area contributed by atoms with Gasteiger partial charge in [-0.2, -0.15) is 0 Å². The quantitative estimate of drug-likeness (QED) is 0.783. The van der Waals surface area contributed by atoms with Gasteiger partial charge in [0.15, 0.2) is 0 Å². The predicted octanol–water partition coefficient (Wildman–Crippen LogP) is 0.0414. The molecular formula is C11H21N5. The summed E-state index contributed by atoms with van der Waals surface area (Å²) in [5.41, 5.74) is 0. The molecule has 1 atom stereocenters. The molecule has 0 saturated carbocycles. The van der Waals surface area contributed by atoms with Crippen molar-refractivity contribution in [2.75, 3.05) is 26.7 Å². The predicted molar refractivity (Wildman–Crippen MR) is 63.2 cm³/mol. The van der Waals surface area contributed by atoms with E-state index in [2.05, 4.69) is 27.5 Å². The molecule has 0 amide bonds. The van der Waals surface area contributed by atoms with Gasteiger partial charge < -0.3 is 14.8 Å². The summed E-state index contributed by atoms with van der Waals surface area (Å²) >= 11 is 0. The lowest BCUT2D eigenvalue weighted by Gasteiger charge is -2.32. The second-order valence-electron chi connectivity index (χ2n) is 4.54. The van der Waals surface area contributed by atoms with Gasteiger partial charge in [0, 0.05) is 32.6 Å². The smallest absolute Gasteiger partial charge is 0.133 e. The molecule has 0 bridgehead atoms. The minimum atomic E-state index is 0.660. The number of hydrogen-bond donors (Lipinski definition) is 1. The van der Waals surface area contributed by atoms with Gasteiger partial charge in [-0.15, -0.1) is 10.2 Å². The van der Waals surface area contributed by atoms with Crippen molar-refractivity contribution in [1.82, 2.24) is 25.0 Å². The highest BCUT2D eigenvalue weighted by Gasteiger charge is 2.18. The summed E-state index contributed by atoms with van der Waals surface area (Å²) in [4.78, 5) is 2.51. The first-order chi connectivity index (χ1) is 7.79. The second kappa shape index (κ2) is 5.41. The monoisotopic (exact) mass is 223 g/mol. The molecule has 1 aliphatic heterocycles. The van der Waals surface area contributed by atoms with E-state index >= 15 is 0 Å². The number of likely N-dealkylation sites (tertiary alicyclic amines) is 1. The van der Waals surface area contributed by atoms with E-state index in [-0.39, 0.29) is 0 Å². The first kappa shape index (κ1) is 11.5. The number of piperidine rings is 1. The summed E-state index contributed by atoms with van der Waals surface area (Å²) in [6, 6.07) is 0.660. The van der Waals surface area contributed by atoms with Gasteiger partial charge in [0.1, 0.15) is 12.2 Å². The van der Waals surface area contributed by atoms with Gasteiger partial charge in [0.25, 0.3) is 0 Å². The van der Waals surface area contributed by atoms with E-state index in [4.69, 9.17) is 0 Å². The van der Waals surface area contributed by atoms with Crippen LogP contribution >= 0.6 is 0 Å². The molecular weight excluding hydrogens is 202 g/mol. The largest absolute Gasteiger partial charge is 0.321 e. The summed E-state index contributed by atoms with van der Waals surface area (Å²) in [7, 11) is 4.05. The van der Waals surface area contributed by atoms with Crippen LogP contribution in [0.2, 0.25) is 0 Å². The van der Waals surface area contributed by atoms with Gasteiger partial charge in [-0.1, -0.05) is 0 Å². The molecule has 90 valence electrons. The number of rotatable bonds is 4. The Morgan fingerprint density at radius 2 is 2.44 bits per heavy atom. The van der Waals surface area contributed by atoms with Crippen molar-refractivity contribution >= 4 is 0 Å². The van der Waals surface area contributed by atoms with E-state index in [1.54, 1.807) is 6.33 Å². The van der Waals surface area contributed by atoms with E-state index in [1.807, 2.05) is 11.6 Å². The van der Waals surface area contributed by atoms with Crippen molar-refractivity contribution in [1.29, 1.82) is 0 Å². The summed E-state index contributed by atoms with van der Waals surface area (Å²) in [6.45, 7) is 3.47. The molecule has 5 nitrogen and oxygen atoms in total. The number of aromatic nitrogens is 3. The van der Waals surface area contributed by atoms with Crippen LogP contribution in [-0.2, 0) is 13.5 Å². The highest BCUT2D eigenvalue weighted by Crippen LogP contribution is 2.10. The highest BCUT2D eigenvalue weighted by molar-refractivity contribution is 4.86. The molecule has 1 saturated heterocycles. The summed E-state index contributed by atoms with van der Waals surface area (Å²) < 4.78 is 2.00. The van der Waals surface area contributed by atoms with Crippen LogP contribution in [-0.4, -0.2) is 52.4 Å². The topological polar surface area (TPSA) is 46.0 Å². The van der Waals surface area contributed by atoms with Crippen molar-refractivity contribution in [3.8, 4) is 0 Å². The third-order valence-electron chi connectivity index (χ3n) is 3.37. The Bertz CT molecular complexity index is 322. The average Bonchev–Trinajstić information content (AvgIpc) is 2.72.